The molecule has 0 aliphatic heterocycles. The second-order valence-electron chi connectivity index (χ2n) is 3.86. The van der Waals surface area contributed by atoms with Gasteiger partial charge in [0, 0.05) is 12.1 Å². The van der Waals surface area contributed by atoms with Crippen LogP contribution in [0.15, 0.2) is 29.1 Å². The summed E-state index contributed by atoms with van der Waals surface area (Å²) in [6.07, 6.45) is 1.26. The molecule has 0 atom stereocenters. The Bertz CT molecular complexity index is 553. The largest absolute Gasteiger partial charge is 0.397 e. The Morgan fingerprint density at radius 1 is 1.47 bits per heavy atom. The van der Waals surface area contributed by atoms with E-state index < -0.39 is 0 Å². The molecule has 0 spiro atoms. The van der Waals surface area contributed by atoms with Gasteiger partial charge in [-0.1, -0.05) is 5.16 Å². The number of nitrogen functional groups attached to an aromatic ring is 1. The first kappa shape index (κ1) is 12.9. The van der Waals surface area contributed by atoms with Crippen molar-refractivity contribution in [2.24, 2.45) is 0 Å². The molecule has 0 radical (unpaired) electrons. The number of nitrogens with one attached hydrogen (secondary N) is 2. The fourth-order valence-electron chi connectivity index (χ4n) is 1.57. The van der Waals surface area contributed by atoms with Crippen molar-refractivity contribution in [3.05, 3.63) is 36.0 Å². The number of anilines is 2. The van der Waals surface area contributed by atoms with Crippen molar-refractivity contribution in [2.45, 2.75) is 13.5 Å². The number of nitrogens with zero attached hydrogens (tertiary/aromatic N) is 2. The Morgan fingerprint density at radius 2 is 2.32 bits per heavy atom. The number of carbonyl (C=O) groups is 1. The van der Waals surface area contributed by atoms with Crippen molar-refractivity contribution < 1.29 is 9.32 Å². The highest BCUT2D eigenvalue weighted by molar-refractivity contribution is 5.96. The number of benzene rings is 1. The van der Waals surface area contributed by atoms with E-state index in [1.165, 1.54) is 6.39 Å². The molecule has 0 aliphatic carbocycles. The molecule has 7 heteroatoms. The number of rotatable bonds is 5. The van der Waals surface area contributed by atoms with Crippen molar-refractivity contribution in [1.82, 2.24) is 15.5 Å². The summed E-state index contributed by atoms with van der Waals surface area (Å²) in [7, 11) is 0. The third-order valence-corrected chi connectivity index (χ3v) is 2.49. The normalized spacial score (nSPS) is 10.2. The van der Waals surface area contributed by atoms with Crippen LogP contribution in [0.5, 0.6) is 0 Å². The van der Waals surface area contributed by atoms with Gasteiger partial charge in [-0.15, -0.1) is 0 Å². The number of amides is 1. The van der Waals surface area contributed by atoms with Gasteiger partial charge in [0.1, 0.15) is 0 Å². The minimum absolute atomic E-state index is 0.140. The lowest BCUT2D eigenvalue weighted by atomic mass is 10.1. The average molecular weight is 261 g/mol. The average Bonchev–Trinajstić information content (AvgIpc) is 2.90. The quantitative estimate of drug-likeness (QED) is 0.694. The molecule has 2 rings (SSSR count). The maximum absolute atomic E-state index is 11.6. The summed E-state index contributed by atoms with van der Waals surface area (Å²) in [4.78, 5) is 15.5. The SMILES string of the molecule is CCNC(=O)c1ccc(NCc2ncon2)c(N)c1. The van der Waals surface area contributed by atoms with E-state index in [4.69, 9.17) is 5.73 Å². The Hall–Kier alpha value is -2.57. The lowest BCUT2D eigenvalue weighted by Gasteiger charge is -2.09. The first-order chi connectivity index (χ1) is 9.20. The van der Waals surface area contributed by atoms with E-state index in [0.29, 0.717) is 30.2 Å². The van der Waals surface area contributed by atoms with Gasteiger partial charge in [-0.3, -0.25) is 4.79 Å². The van der Waals surface area contributed by atoms with E-state index in [2.05, 4.69) is 25.3 Å². The predicted octanol–water partition coefficient (Wildman–Crippen LogP) is 1.01. The Kier molecular flexibility index (Phi) is 3.97. The molecule has 0 saturated carbocycles. The number of hydrogen-bond donors (Lipinski definition) is 3. The summed E-state index contributed by atoms with van der Waals surface area (Å²) < 4.78 is 4.63. The summed E-state index contributed by atoms with van der Waals surface area (Å²) in [6, 6.07) is 5.09. The standard InChI is InChI=1S/C12H15N5O2/c1-2-14-12(18)8-3-4-10(9(13)5-8)15-6-11-16-7-19-17-11/h3-5,7,15H,2,6,13H2,1H3,(H,14,18). The predicted molar refractivity (Wildman–Crippen MR) is 70.5 cm³/mol. The molecule has 1 aromatic carbocycles. The van der Waals surface area contributed by atoms with Gasteiger partial charge in [-0.05, 0) is 25.1 Å². The minimum Gasteiger partial charge on any atom is -0.397 e. The minimum atomic E-state index is -0.140. The molecule has 4 N–H and O–H groups in total. The van der Waals surface area contributed by atoms with Gasteiger partial charge < -0.3 is 20.9 Å². The monoisotopic (exact) mass is 261 g/mol. The summed E-state index contributed by atoms with van der Waals surface area (Å²) >= 11 is 0. The molecule has 100 valence electrons. The maximum atomic E-state index is 11.6. The third-order valence-electron chi connectivity index (χ3n) is 2.49. The van der Waals surface area contributed by atoms with Crippen LogP contribution in [-0.4, -0.2) is 22.6 Å². The fraction of sp³-hybridized carbons (Fsp3) is 0.250. The number of nitrogens with two attached hydrogens (primary N) is 1. The van der Waals surface area contributed by atoms with Crippen molar-refractivity contribution in [1.29, 1.82) is 0 Å². The molecule has 1 heterocycles. The van der Waals surface area contributed by atoms with E-state index in [9.17, 15) is 4.79 Å². The first-order valence-electron chi connectivity index (χ1n) is 5.87. The molecule has 0 aliphatic rings. The zero-order valence-corrected chi connectivity index (χ0v) is 10.5. The van der Waals surface area contributed by atoms with E-state index in [1.54, 1.807) is 18.2 Å². The molecule has 1 aromatic heterocycles. The van der Waals surface area contributed by atoms with Gasteiger partial charge in [-0.2, -0.15) is 4.98 Å². The molecule has 0 unspecified atom stereocenters. The van der Waals surface area contributed by atoms with Crippen LogP contribution in [0.2, 0.25) is 0 Å². The molecule has 19 heavy (non-hydrogen) atoms. The lowest BCUT2D eigenvalue weighted by molar-refractivity contribution is 0.0956. The molecular weight excluding hydrogens is 246 g/mol. The van der Waals surface area contributed by atoms with Crippen LogP contribution in [0.1, 0.15) is 23.1 Å². The second kappa shape index (κ2) is 5.85. The fourth-order valence-corrected chi connectivity index (χ4v) is 1.57. The van der Waals surface area contributed by atoms with Crippen LogP contribution < -0.4 is 16.4 Å². The van der Waals surface area contributed by atoms with Gasteiger partial charge in [0.05, 0.1) is 17.9 Å². The summed E-state index contributed by atoms with van der Waals surface area (Å²) in [6.45, 7) is 2.85. The number of carbonyl (C=O) groups excluding carboxylic acids is 1. The summed E-state index contributed by atoms with van der Waals surface area (Å²) in [5.41, 5.74) is 7.63. The molecular formula is C12H15N5O2. The van der Waals surface area contributed by atoms with Crippen LogP contribution in [0, 0.1) is 0 Å². The van der Waals surface area contributed by atoms with E-state index in [0.717, 1.165) is 5.69 Å². The molecule has 1 amide bonds. The van der Waals surface area contributed by atoms with Gasteiger partial charge in [0.2, 0.25) is 6.39 Å². The first-order valence-corrected chi connectivity index (χ1v) is 5.87. The van der Waals surface area contributed by atoms with Gasteiger partial charge in [-0.25, -0.2) is 0 Å². The maximum Gasteiger partial charge on any atom is 0.251 e. The highest BCUT2D eigenvalue weighted by atomic mass is 16.5. The van der Waals surface area contributed by atoms with Gasteiger partial charge in [0.15, 0.2) is 5.82 Å². The molecule has 0 bridgehead atoms. The van der Waals surface area contributed by atoms with E-state index in [-0.39, 0.29) is 5.91 Å². The zero-order chi connectivity index (χ0) is 13.7. The van der Waals surface area contributed by atoms with E-state index >= 15 is 0 Å². The van der Waals surface area contributed by atoms with Gasteiger partial charge >= 0.3 is 0 Å². The molecule has 0 saturated heterocycles. The number of aromatic nitrogens is 2. The molecule has 0 fully saturated rings. The molecule has 2 aromatic rings. The topological polar surface area (TPSA) is 106 Å². The Balaban J connectivity index is 2.04. The highest BCUT2D eigenvalue weighted by Gasteiger charge is 2.07. The summed E-state index contributed by atoms with van der Waals surface area (Å²) in [5.74, 6) is 0.395. The highest BCUT2D eigenvalue weighted by Crippen LogP contribution is 2.20. The van der Waals surface area contributed by atoms with Crippen molar-refractivity contribution in [2.75, 3.05) is 17.6 Å². The van der Waals surface area contributed by atoms with Crippen molar-refractivity contribution >= 4 is 17.3 Å². The second-order valence-corrected chi connectivity index (χ2v) is 3.86. The molecule has 7 nitrogen and oxygen atoms in total. The summed E-state index contributed by atoms with van der Waals surface area (Å²) in [5, 5.41) is 9.46. The smallest absolute Gasteiger partial charge is 0.251 e. The van der Waals surface area contributed by atoms with Crippen LogP contribution >= 0.6 is 0 Å². The number of hydrogen-bond acceptors (Lipinski definition) is 6. The third kappa shape index (κ3) is 3.21. The van der Waals surface area contributed by atoms with Gasteiger partial charge in [0.25, 0.3) is 5.91 Å². The van der Waals surface area contributed by atoms with Crippen LogP contribution in [-0.2, 0) is 6.54 Å². The van der Waals surface area contributed by atoms with E-state index in [1.807, 2.05) is 6.92 Å². The lowest BCUT2D eigenvalue weighted by Crippen LogP contribution is -2.22. The van der Waals surface area contributed by atoms with Crippen molar-refractivity contribution in [3.8, 4) is 0 Å². The zero-order valence-electron chi connectivity index (χ0n) is 10.5. The Labute approximate surface area is 110 Å². The van der Waals surface area contributed by atoms with Crippen molar-refractivity contribution in [3.63, 3.8) is 0 Å². The Morgan fingerprint density at radius 3 is 2.95 bits per heavy atom. The van der Waals surface area contributed by atoms with Crippen LogP contribution in [0.3, 0.4) is 0 Å². The van der Waals surface area contributed by atoms with Crippen LogP contribution in [0.25, 0.3) is 0 Å². The van der Waals surface area contributed by atoms with Crippen LogP contribution in [0.4, 0.5) is 11.4 Å².